The fourth-order valence-electron chi connectivity index (χ4n) is 1.19. The monoisotopic (exact) mass is 252 g/mol. The summed E-state index contributed by atoms with van der Waals surface area (Å²) < 4.78 is 0. The van der Waals surface area contributed by atoms with Crippen LogP contribution in [0.2, 0.25) is 0 Å². The molecule has 0 saturated carbocycles. The largest absolute Gasteiger partial charge is 0.301 e. The van der Waals surface area contributed by atoms with Gasteiger partial charge in [-0.1, -0.05) is 13.3 Å². The second-order valence-electron chi connectivity index (χ2n) is 3.43. The van der Waals surface area contributed by atoms with Gasteiger partial charge in [0.05, 0.1) is 15.9 Å². The summed E-state index contributed by atoms with van der Waals surface area (Å²) in [5.74, 6) is 0. The summed E-state index contributed by atoms with van der Waals surface area (Å²) in [5.41, 5.74) is 1.92. The van der Waals surface area contributed by atoms with Crippen LogP contribution >= 0.6 is 0 Å². The van der Waals surface area contributed by atoms with Crippen LogP contribution in [0.25, 0.3) is 0 Å². The van der Waals surface area contributed by atoms with Crippen LogP contribution in [0.1, 0.15) is 19.8 Å². The van der Waals surface area contributed by atoms with E-state index in [0.29, 0.717) is 0 Å². The van der Waals surface area contributed by atoms with Gasteiger partial charge in [-0.15, -0.1) is 0 Å². The van der Waals surface area contributed by atoms with Gasteiger partial charge in [0.2, 0.25) is 0 Å². The Kier molecular flexibility index (Phi) is 4.73. The smallest absolute Gasteiger partial charge is 0.272 e. The number of nitro benzene ring substituents is 2. The summed E-state index contributed by atoms with van der Waals surface area (Å²) in [5, 5.41) is 25.1. The summed E-state index contributed by atoms with van der Waals surface area (Å²) in [6.45, 7) is 1.97. The number of non-ortho nitro benzene ring substituents is 1. The number of unbranched alkanes of at least 4 members (excludes halogenated alkanes) is 1. The molecule has 1 rings (SSSR count). The molecular weight excluding hydrogens is 240 g/mol. The first kappa shape index (κ1) is 13.6. The van der Waals surface area contributed by atoms with Gasteiger partial charge < -0.3 is 0 Å². The Hall–Kier alpha value is -2.51. The molecule has 1 N–H and O–H groups in total. The molecule has 0 unspecified atom stereocenters. The zero-order valence-electron chi connectivity index (χ0n) is 9.70. The minimum absolute atomic E-state index is 0.123. The summed E-state index contributed by atoms with van der Waals surface area (Å²) >= 11 is 0. The van der Waals surface area contributed by atoms with Crippen molar-refractivity contribution in [3.63, 3.8) is 0 Å². The maximum absolute atomic E-state index is 10.8. The normalized spacial score (nSPS) is 10.5. The highest BCUT2D eigenvalue weighted by Crippen LogP contribution is 2.28. The van der Waals surface area contributed by atoms with Crippen LogP contribution in [-0.2, 0) is 0 Å². The molecule has 8 nitrogen and oxygen atoms in total. The minimum atomic E-state index is -0.690. The molecule has 0 atom stereocenters. The zero-order chi connectivity index (χ0) is 13.5. The van der Waals surface area contributed by atoms with Crippen LogP contribution in [0.4, 0.5) is 17.1 Å². The molecule has 1 aromatic carbocycles. The Balaban J connectivity index is 2.97. The molecule has 0 fully saturated rings. The number of hydrogen-bond acceptors (Lipinski definition) is 6. The van der Waals surface area contributed by atoms with Gasteiger partial charge >= 0.3 is 5.69 Å². The van der Waals surface area contributed by atoms with Crippen LogP contribution in [0.5, 0.6) is 0 Å². The van der Waals surface area contributed by atoms with Crippen LogP contribution < -0.4 is 5.43 Å². The Morgan fingerprint density at radius 3 is 2.61 bits per heavy atom. The van der Waals surface area contributed by atoms with E-state index in [1.807, 2.05) is 6.92 Å². The van der Waals surface area contributed by atoms with Crippen LogP contribution in [0.15, 0.2) is 23.3 Å². The van der Waals surface area contributed by atoms with Crippen molar-refractivity contribution in [1.82, 2.24) is 0 Å². The van der Waals surface area contributed by atoms with Gasteiger partial charge in [0.1, 0.15) is 5.69 Å². The molecule has 1 aromatic rings. The van der Waals surface area contributed by atoms with Crippen LogP contribution in [0, 0.1) is 20.2 Å². The van der Waals surface area contributed by atoms with Gasteiger partial charge in [0, 0.05) is 12.3 Å². The first-order chi connectivity index (χ1) is 8.56. The molecule has 0 aliphatic carbocycles. The van der Waals surface area contributed by atoms with Crippen molar-refractivity contribution in [3.8, 4) is 0 Å². The Bertz CT molecular complexity index is 487. The lowest BCUT2D eigenvalue weighted by molar-refractivity contribution is -0.393. The highest BCUT2D eigenvalue weighted by atomic mass is 16.6. The van der Waals surface area contributed by atoms with Gasteiger partial charge in [-0.25, -0.2) is 0 Å². The first-order valence-corrected chi connectivity index (χ1v) is 5.26. The third-order valence-corrected chi connectivity index (χ3v) is 2.08. The number of nitrogens with one attached hydrogen (secondary N) is 1. The predicted molar refractivity (Wildman–Crippen MR) is 66.8 cm³/mol. The van der Waals surface area contributed by atoms with Crippen molar-refractivity contribution in [1.29, 1.82) is 0 Å². The predicted octanol–water partition coefficient (Wildman–Crippen LogP) is 2.70. The molecule has 0 aromatic heterocycles. The quantitative estimate of drug-likeness (QED) is 0.475. The molecule has 0 aliphatic rings. The highest BCUT2D eigenvalue weighted by Gasteiger charge is 2.18. The third kappa shape index (κ3) is 3.51. The fourth-order valence-corrected chi connectivity index (χ4v) is 1.19. The summed E-state index contributed by atoms with van der Waals surface area (Å²) in [6.07, 6.45) is 3.24. The molecule has 0 bridgehead atoms. The van der Waals surface area contributed by atoms with E-state index in [0.717, 1.165) is 18.9 Å². The summed E-state index contributed by atoms with van der Waals surface area (Å²) in [4.78, 5) is 19.9. The average molecular weight is 252 g/mol. The second-order valence-corrected chi connectivity index (χ2v) is 3.43. The fraction of sp³-hybridized carbons (Fsp3) is 0.300. The van der Waals surface area contributed by atoms with E-state index in [2.05, 4.69) is 10.5 Å². The SMILES string of the molecule is CCC/C=N/Nc1ccc([N+](=O)[O-])cc1[N+](=O)[O-]. The lowest BCUT2D eigenvalue weighted by Gasteiger charge is -2.01. The van der Waals surface area contributed by atoms with E-state index in [1.54, 1.807) is 6.21 Å². The van der Waals surface area contributed by atoms with Gasteiger partial charge in [-0.3, -0.25) is 25.7 Å². The van der Waals surface area contributed by atoms with Gasteiger partial charge in [-0.05, 0) is 12.5 Å². The molecule has 8 heteroatoms. The van der Waals surface area contributed by atoms with E-state index < -0.39 is 9.85 Å². The standard InChI is InChI=1S/C10H12N4O4/c1-2-3-6-11-12-9-5-4-8(13(15)16)7-10(9)14(17)18/h4-7,12H,2-3H2,1H3/b11-6+. The molecular formula is C10H12N4O4. The number of nitrogens with zero attached hydrogens (tertiary/aromatic N) is 3. The number of nitro groups is 2. The second kappa shape index (κ2) is 6.28. The van der Waals surface area contributed by atoms with E-state index in [4.69, 9.17) is 0 Å². The molecule has 96 valence electrons. The van der Waals surface area contributed by atoms with E-state index >= 15 is 0 Å². The van der Waals surface area contributed by atoms with Gasteiger partial charge in [0.15, 0.2) is 0 Å². The van der Waals surface area contributed by atoms with Gasteiger partial charge in [-0.2, -0.15) is 5.10 Å². The highest BCUT2D eigenvalue weighted by molar-refractivity contribution is 5.67. The lowest BCUT2D eigenvalue weighted by atomic mass is 10.2. The molecule has 0 radical (unpaired) electrons. The summed E-state index contributed by atoms with van der Waals surface area (Å²) in [6, 6.07) is 3.35. The summed E-state index contributed by atoms with van der Waals surface area (Å²) in [7, 11) is 0. The molecule has 0 saturated heterocycles. The average Bonchev–Trinajstić information content (AvgIpc) is 2.34. The number of hydrogen-bond donors (Lipinski definition) is 1. The minimum Gasteiger partial charge on any atom is -0.272 e. The number of hydrazone groups is 1. The van der Waals surface area contributed by atoms with Crippen molar-refractivity contribution in [2.45, 2.75) is 19.8 Å². The number of anilines is 1. The molecule has 0 heterocycles. The van der Waals surface area contributed by atoms with Crippen molar-refractivity contribution in [2.24, 2.45) is 5.10 Å². The Morgan fingerprint density at radius 2 is 2.06 bits per heavy atom. The van der Waals surface area contributed by atoms with E-state index in [9.17, 15) is 20.2 Å². The van der Waals surface area contributed by atoms with Gasteiger partial charge in [0.25, 0.3) is 5.69 Å². The van der Waals surface area contributed by atoms with Crippen molar-refractivity contribution in [3.05, 3.63) is 38.4 Å². The Labute approximate surface area is 103 Å². The number of benzene rings is 1. The first-order valence-electron chi connectivity index (χ1n) is 5.26. The topological polar surface area (TPSA) is 111 Å². The third-order valence-electron chi connectivity index (χ3n) is 2.08. The number of rotatable bonds is 6. The lowest BCUT2D eigenvalue weighted by Crippen LogP contribution is -1.98. The van der Waals surface area contributed by atoms with Crippen molar-refractivity contribution >= 4 is 23.3 Å². The molecule has 0 amide bonds. The van der Waals surface area contributed by atoms with E-state index in [1.165, 1.54) is 12.1 Å². The van der Waals surface area contributed by atoms with E-state index in [-0.39, 0.29) is 17.1 Å². The zero-order valence-corrected chi connectivity index (χ0v) is 9.70. The van der Waals surface area contributed by atoms with Crippen molar-refractivity contribution in [2.75, 3.05) is 5.43 Å². The maximum Gasteiger partial charge on any atom is 0.301 e. The van der Waals surface area contributed by atoms with Crippen LogP contribution in [0.3, 0.4) is 0 Å². The molecule has 0 spiro atoms. The molecule has 18 heavy (non-hydrogen) atoms. The Morgan fingerprint density at radius 1 is 1.33 bits per heavy atom. The molecule has 0 aliphatic heterocycles. The maximum atomic E-state index is 10.8. The van der Waals surface area contributed by atoms with Crippen LogP contribution in [-0.4, -0.2) is 16.1 Å². The van der Waals surface area contributed by atoms with Crippen molar-refractivity contribution < 1.29 is 9.85 Å².